The van der Waals surface area contributed by atoms with Crippen molar-refractivity contribution >= 4 is 15.8 Å². The monoisotopic (exact) mass is 339 g/mol. The number of phenolic OH excluding ortho intramolecular Hbond substituents is 1. The fourth-order valence-electron chi connectivity index (χ4n) is 2.02. The van der Waals surface area contributed by atoms with E-state index in [0.717, 1.165) is 12.1 Å². The van der Waals surface area contributed by atoms with Gasteiger partial charge in [-0.3, -0.25) is 4.55 Å². The second kappa shape index (κ2) is 6.97. The number of hydrogen-bond acceptors (Lipinski definition) is 6. The zero-order valence-electron chi connectivity index (χ0n) is 12.0. The van der Waals surface area contributed by atoms with E-state index in [0.29, 0.717) is 5.56 Å². The van der Waals surface area contributed by atoms with Gasteiger partial charge in [0.2, 0.25) is 0 Å². The minimum Gasteiger partial charge on any atom is -0.505 e. The zero-order valence-corrected chi connectivity index (χ0v) is 12.9. The Morgan fingerprint density at radius 2 is 1.78 bits per heavy atom. The number of aliphatic hydroxyl groups excluding tert-OH is 2. The SMILES string of the molecule is O=S(=O)(O)c1cc(NCC(O)CO)c(O)c(-c2ccccc2)c1. The van der Waals surface area contributed by atoms with E-state index in [1.807, 2.05) is 0 Å². The maximum Gasteiger partial charge on any atom is 0.294 e. The van der Waals surface area contributed by atoms with Gasteiger partial charge in [-0.2, -0.15) is 8.42 Å². The van der Waals surface area contributed by atoms with E-state index in [9.17, 15) is 23.2 Å². The largest absolute Gasteiger partial charge is 0.505 e. The van der Waals surface area contributed by atoms with Crippen LogP contribution in [0, 0.1) is 0 Å². The standard InChI is InChI=1S/C15H17NO6S/c17-9-11(18)8-16-14-7-12(23(20,21)22)6-13(15(14)19)10-4-2-1-3-5-10/h1-7,11,16-19H,8-9H2,(H,20,21,22). The van der Waals surface area contributed by atoms with Gasteiger partial charge >= 0.3 is 0 Å². The minimum atomic E-state index is -4.48. The molecule has 0 aliphatic heterocycles. The third-order valence-electron chi connectivity index (χ3n) is 3.20. The molecule has 2 aromatic carbocycles. The lowest BCUT2D eigenvalue weighted by molar-refractivity contribution is 0.105. The molecule has 2 aromatic rings. The topological polar surface area (TPSA) is 127 Å². The van der Waals surface area contributed by atoms with Gasteiger partial charge in [-0.1, -0.05) is 30.3 Å². The van der Waals surface area contributed by atoms with Crippen molar-refractivity contribution in [3.63, 3.8) is 0 Å². The van der Waals surface area contributed by atoms with Crippen molar-refractivity contribution in [2.45, 2.75) is 11.0 Å². The number of aromatic hydroxyl groups is 1. The van der Waals surface area contributed by atoms with Crippen LogP contribution in [0.15, 0.2) is 47.4 Å². The summed E-state index contributed by atoms with van der Waals surface area (Å²) in [5.41, 5.74) is 0.787. The van der Waals surface area contributed by atoms with E-state index in [4.69, 9.17) is 5.11 Å². The van der Waals surface area contributed by atoms with E-state index in [-0.39, 0.29) is 23.5 Å². The molecule has 0 heterocycles. The summed E-state index contributed by atoms with van der Waals surface area (Å²) in [5.74, 6) is -0.228. The maximum atomic E-state index is 11.4. The average molecular weight is 339 g/mol. The molecule has 0 aliphatic rings. The lowest BCUT2D eigenvalue weighted by Gasteiger charge is -2.15. The second-order valence-electron chi connectivity index (χ2n) is 4.93. The summed E-state index contributed by atoms with van der Waals surface area (Å²) in [7, 11) is -4.48. The quantitative estimate of drug-likeness (QED) is 0.393. The molecule has 23 heavy (non-hydrogen) atoms. The third kappa shape index (κ3) is 4.20. The molecule has 0 aromatic heterocycles. The molecule has 0 saturated carbocycles. The average Bonchev–Trinajstić information content (AvgIpc) is 2.53. The van der Waals surface area contributed by atoms with Crippen molar-refractivity contribution in [1.29, 1.82) is 0 Å². The Bertz CT molecular complexity index is 776. The number of phenols is 1. The number of benzene rings is 2. The Balaban J connectivity index is 2.53. The molecule has 124 valence electrons. The molecule has 5 N–H and O–H groups in total. The van der Waals surface area contributed by atoms with Gasteiger partial charge in [-0.15, -0.1) is 0 Å². The molecular weight excluding hydrogens is 322 g/mol. The van der Waals surface area contributed by atoms with Crippen molar-refractivity contribution in [1.82, 2.24) is 0 Å². The highest BCUT2D eigenvalue weighted by molar-refractivity contribution is 7.85. The van der Waals surface area contributed by atoms with Crippen LogP contribution in [0.1, 0.15) is 0 Å². The molecule has 7 nitrogen and oxygen atoms in total. The molecule has 0 bridgehead atoms. The third-order valence-corrected chi connectivity index (χ3v) is 4.04. The first-order chi connectivity index (χ1) is 10.8. The summed E-state index contributed by atoms with van der Waals surface area (Å²) in [6.07, 6.45) is -1.08. The number of hydrogen-bond donors (Lipinski definition) is 5. The molecule has 0 spiro atoms. The highest BCUT2D eigenvalue weighted by atomic mass is 32.2. The highest BCUT2D eigenvalue weighted by Crippen LogP contribution is 2.38. The Morgan fingerprint density at radius 1 is 1.13 bits per heavy atom. The van der Waals surface area contributed by atoms with Gasteiger partial charge in [0, 0.05) is 12.1 Å². The van der Waals surface area contributed by atoms with Gasteiger partial charge in [0.05, 0.1) is 23.3 Å². The first kappa shape index (κ1) is 17.2. The smallest absolute Gasteiger partial charge is 0.294 e. The van der Waals surface area contributed by atoms with E-state index in [1.54, 1.807) is 30.3 Å². The number of anilines is 1. The first-order valence-corrected chi connectivity index (χ1v) is 8.19. The number of aliphatic hydroxyl groups is 2. The van der Waals surface area contributed by atoms with Crippen LogP contribution in [0.5, 0.6) is 5.75 Å². The van der Waals surface area contributed by atoms with Crippen LogP contribution in [0.3, 0.4) is 0 Å². The van der Waals surface area contributed by atoms with Crippen molar-refractivity contribution in [3.05, 3.63) is 42.5 Å². The Morgan fingerprint density at radius 3 is 2.35 bits per heavy atom. The highest BCUT2D eigenvalue weighted by Gasteiger charge is 2.18. The summed E-state index contributed by atoms with van der Waals surface area (Å²) in [6, 6.07) is 10.8. The summed E-state index contributed by atoms with van der Waals surface area (Å²) in [4.78, 5) is -0.393. The van der Waals surface area contributed by atoms with Crippen LogP contribution in [0.2, 0.25) is 0 Å². The molecule has 0 radical (unpaired) electrons. The summed E-state index contributed by atoms with van der Waals surface area (Å²) < 4.78 is 32.1. The van der Waals surface area contributed by atoms with Gasteiger partial charge in [-0.25, -0.2) is 0 Å². The lowest BCUT2D eigenvalue weighted by atomic mass is 10.0. The Hall–Kier alpha value is -2.13. The summed E-state index contributed by atoms with van der Waals surface area (Å²) in [6.45, 7) is -0.593. The van der Waals surface area contributed by atoms with Crippen molar-refractivity contribution in [3.8, 4) is 16.9 Å². The van der Waals surface area contributed by atoms with Crippen molar-refractivity contribution < 1.29 is 28.3 Å². The Kier molecular flexibility index (Phi) is 5.22. The predicted molar refractivity (Wildman–Crippen MR) is 84.9 cm³/mol. The fourth-order valence-corrected chi connectivity index (χ4v) is 2.56. The summed E-state index contributed by atoms with van der Waals surface area (Å²) >= 11 is 0. The van der Waals surface area contributed by atoms with Gasteiger partial charge < -0.3 is 20.6 Å². The van der Waals surface area contributed by atoms with Crippen LogP contribution < -0.4 is 5.32 Å². The molecule has 1 atom stereocenters. The van der Waals surface area contributed by atoms with Crippen LogP contribution in [-0.4, -0.2) is 47.5 Å². The molecule has 0 saturated heterocycles. The lowest BCUT2D eigenvalue weighted by Crippen LogP contribution is -2.23. The van der Waals surface area contributed by atoms with Gasteiger partial charge in [0.15, 0.2) is 0 Å². The normalized spacial score (nSPS) is 12.8. The second-order valence-corrected chi connectivity index (χ2v) is 6.35. The number of rotatable bonds is 6. The first-order valence-electron chi connectivity index (χ1n) is 6.75. The zero-order chi connectivity index (χ0) is 17.0. The molecule has 8 heteroatoms. The van der Waals surface area contributed by atoms with Crippen molar-refractivity contribution in [2.24, 2.45) is 0 Å². The molecule has 0 fully saturated rings. The Labute approximate surface area is 133 Å². The van der Waals surface area contributed by atoms with E-state index >= 15 is 0 Å². The van der Waals surface area contributed by atoms with Crippen molar-refractivity contribution in [2.75, 3.05) is 18.5 Å². The minimum absolute atomic E-state index is 0.0199. The van der Waals surface area contributed by atoms with E-state index < -0.39 is 27.7 Å². The molecule has 0 aliphatic carbocycles. The van der Waals surface area contributed by atoms with Crippen LogP contribution in [0.4, 0.5) is 5.69 Å². The van der Waals surface area contributed by atoms with Gasteiger partial charge in [0.25, 0.3) is 10.1 Å². The molecule has 1 unspecified atom stereocenters. The maximum absolute atomic E-state index is 11.4. The van der Waals surface area contributed by atoms with E-state index in [2.05, 4.69) is 5.32 Å². The van der Waals surface area contributed by atoms with Gasteiger partial charge in [-0.05, 0) is 17.7 Å². The van der Waals surface area contributed by atoms with Crippen LogP contribution in [-0.2, 0) is 10.1 Å². The van der Waals surface area contributed by atoms with Gasteiger partial charge in [0.1, 0.15) is 5.75 Å². The fraction of sp³-hybridized carbons (Fsp3) is 0.200. The molecule has 0 amide bonds. The van der Waals surface area contributed by atoms with Crippen LogP contribution >= 0.6 is 0 Å². The van der Waals surface area contributed by atoms with Crippen LogP contribution in [0.25, 0.3) is 11.1 Å². The molecular formula is C15H17NO6S. The number of nitrogens with one attached hydrogen (secondary N) is 1. The predicted octanol–water partition coefficient (Wildman–Crippen LogP) is 1.07. The molecule has 2 rings (SSSR count). The van der Waals surface area contributed by atoms with E-state index in [1.165, 1.54) is 0 Å². The summed E-state index contributed by atoms with van der Waals surface area (Å²) in [5, 5.41) is 31.2.